The van der Waals surface area contributed by atoms with Crippen LogP contribution in [0.3, 0.4) is 0 Å². The summed E-state index contributed by atoms with van der Waals surface area (Å²) in [6, 6.07) is 0. The van der Waals surface area contributed by atoms with Crippen LogP contribution in [0.15, 0.2) is 24.3 Å². The molecule has 8 heavy (non-hydrogen) atoms. The molecule has 0 aromatic carbocycles. The zero-order valence-electron chi connectivity index (χ0n) is 5.22. The van der Waals surface area contributed by atoms with Crippen molar-refractivity contribution in [3.05, 3.63) is 24.3 Å². The van der Waals surface area contributed by atoms with Crippen LogP contribution in [0.5, 0.6) is 0 Å². The Morgan fingerprint density at radius 1 is 1.12 bits per heavy atom. The maximum absolute atomic E-state index is 4.88. The Morgan fingerprint density at radius 2 is 1.50 bits per heavy atom. The van der Waals surface area contributed by atoms with E-state index in [4.69, 9.17) is 12.2 Å². The molecule has 0 heterocycles. The molecule has 0 unspecified atom stereocenters. The number of hydrogen-bond acceptors (Lipinski definition) is 1. The highest BCUT2D eigenvalue weighted by atomic mass is 32.1. The van der Waals surface area contributed by atoms with Crippen molar-refractivity contribution in [1.82, 2.24) is 0 Å². The van der Waals surface area contributed by atoms with E-state index in [1.54, 1.807) is 0 Å². The van der Waals surface area contributed by atoms with Crippen LogP contribution in [-0.4, -0.2) is 4.86 Å². The predicted octanol–water partition coefficient (Wildman–Crippen LogP) is 2.51. The summed E-state index contributed by atoms with van der Waals surface area (Å²) in [6.45, 7) is 3.91. The largest absolute Gasteiger partial charge is 0.0862 e. The summed E-state index contributed by atoms with van der Waals surface area (Å²) in [5.74, 6) is 0. The van der Waals surface area contributed by atoms with E-state index in [-0.39, 0.29) is 0 Å². The van der Waals surface area contributed by atoms with Gasteiger partial charge in [0.15, 0.2) is 0 Å². The second-order valence-electron chi connectivity index (χ2n) is 1.40. The van der Waals surface area contributed by atoms with Gasteiger partial charge in [0.05, 0.1) is 0 Å². The van der Waals surface area contributed by atoms with Crippen molar-refractivity contribution in [1.29, 1.82) is 0 Å². The van der Waals surface area contributed by atoms with Gasteiger partial charge in [0.1, 0.15) is 0 Å². The van der Waals surface area contributed by atoms with Crippen LogP contribution in [0.1, 0.15) is 13.8 Å². The monoisotopic (exact) mass is 126 g/mol. The molecular weight excluding hydrogens is 116 g/mol. The summed E-state index contributed by atoms with van der Waals surface area (Å²) in [5, 5.41) is 0. The van der Waals surface area contributed by atoms with E-state index in [2.05, 4.69) is 0 Å². The summed E-state index contributed by atoms with van der Waals surface area (Å²) < 4.78 is 0. The predicted molar refractivity (Wildman–Crippen MR) is 42.2 cm³/mol. The Morgan fingerprint density at radius 3 is 1.75 bits per heavy atom. The molecule has 0 nitrogen and oxygen atoms in total. The third-order valence-corrected chi connectivity index (χ3v) is 0.934. The van der Waals surface area contributed by atoms with E-state index in [9.17, 15) is 0 Å². The van der Waals surface area contributed by atoms with E-state index >= 15 is 0 Å². The Bertz CT molecular complexity index is 106. The smallest absolute Gasteiger partial charge is 0.0370 e. The lowest BCUT2D eigenvalue weighted by atomic mass is 10.3. The Labute approximate surface area is 55.9 Å². The number of thiocarbonyl (C=S) groups is 1. The summed E-state index contributed by atoms with van der Waals surface area (Å²) in [5.41, 5.74) is 0. The fraction of sp³-hybridized carbons (Fsp3) is 0.286. The van der Waals surface area contributed by atoms with Gasteiger partial charge in [-0.15, -0.1) is 0 Å². The molecular formula is C7H10S. The van der Waals surface area contributed by atoms with Crippen molar-refractivity contribution in [2.45, 2.75) is 13.8 Å². The maximum atomic E-state index is 4.88. The number of allylic oxidation sites excluding steroid dienone is 4. The number of rotatable bonds is 2. The van der Waals surface area contributed by atoms with Crippen LogP contribution < -0.4 is 0 Å². The molecule has 44 valence electrons. The zero-order chi connectivity index (χ0) is 6.41. The Kier molecular flexibility index (Phi) is 4.47. The highest BCUT2D eigenvalue weighted by Gasteiger charge is 1.75. The molecule has 0 amide bonds. The Hall–Kier alpha value is -0.430. The van der Waals surface area contributed by atoms with Crippen molar-refractivity contribution in [2.75, 3.05) is 0 Å². The van der Waals surface area contributed by atoms with Crippen LogP contribution in [0.2, 0.25) is 0 Å². The van der Waals surface area contributed by atoms with Crippen LogP contribution in [0.25, 0.3) is 0 Å². The molecule has 0 aromatic heterocycles. The summed E-state index contributed by atoms with van der Waals surface area (Å²) >= 11 is 4.88. The molecule has 0 fully saturated rings. The van der Waals surface area contributed by atoms with Crippen molar-refractivity contribution in [3.63, 3.8) is 0 Å². The first-order chi connectivity index (χ1) is 3.81. The average Bonchev–Trinajstić information content (AvgIpc) is 1.68. The molecule has 0 N–H and O–H groups in total. The maximum Gasteiger partial charge on any atom is 0.0370 e. The van der Waals surface area contributed by atoms with Crippen molar-refractivity contribution >= 4 is 17.1 Å². The molecule has 0 radical (unpaired) electrons. The SMILES string of the molecule is C/C=C\C(=S)/C=C\C. The highest BCUT2D eigenvalue weighted by molar-refractivity contribution is 7.81. The fourth-order valence-corrected chi connectivity index (χ4v) is 0.656. The lowest BCUT2D eigenvalue weighted by molar-refractivity contribution is 1.75. The quantitative estimate of drug-likeness (QED) is 0.404. The topological polar surface area (TPSA) is 0 Å². The van der Waals surface area contributed by atoms with E-state index in [0.29, 0.717) is 0 Å². The standard InChI is InChI=1S/C7H10S/c1-3-5-7(8)6-4-2/h3-6H,1-2H3/b5-3-,6-4-. The zero-order valence-corrected chi connectivity index (χ0v) is 6.03. The van der Waals surface area contributed by atoms with Gasteiger partial charge in [-0.05, 0) is 26.0 Å². The first-order valence-corrected chi connectivity index (χ1v) is 3.01. The molecule has 0 saturated carbocycles. The van der Waals surface area contributed by atoms with Gasteiger partial charge < -0.3 is 0 Å². The highest BCUT2D eigenvalue weighted by Crippen LogP contribution is 1.82. The molecule has 0 saturated heterocycles. The first kappa shape index (κ1) is 7.57. The van der Waals surface area contributed by atoms with Crippen LogP contribution >= 0.6 is 12.2 Å². The molecule has 0 atom stereocenters. The van der Waals surface area contributed by atoms with Crippen LogP contribution in [-0.2, 0) is 0 Å². The Balaban J connectivity index is 3.66. The fourth-order valence-electron chi connectivity index (χ4n) is 0.384. The van der Waals surface area contributed by atoms with Gasteiger partial charge in [-0.3, -0.25) is 0 Å². The van der Waals surface area contributed by atoms with Gasteiger partial charge in [0.25, 0.3) is 0 Å². The molecule has 0 aliphatic carbocycles. The van der Waals surface area contributed by atoms with Crippen molar-refractivity contribution in [2.24, 2.45) is 0 Å². The van der Waals surface area contributed by atoms with Gasteiger partial charge in [0, 0.05) is 4.86 Å². The van der Waals surface area contributed by atoms with Crippen LogP contribution in [0.4, 0.5) is 0 Å². The van der Waals surface area contributed by atoms with Crippen molar-refractivity contribution < 1.29 is 0 Å². The molecule has 0 aliphatic rings. The molecule has 0 spiro atoms. The second kappa shape index (κ2) is 4.72. The van der Waals surface area contributed by atoms with E-state index in [1.807, 2.05) is 38.2 Å². The van der Waals surface area contributed by atoms with Gasteiger partial charge in [-0.2, -0.15) is 0 Å². The third kappa shape index (κ3) is 3.75. The minimum Gasteiger partial charge on any atom is -0.0862 e. The number of hydrogen-bond donors (Lipinski definition) is 0. The van der Waals surface area contributed by atoms with E-state index in [0.717, 1.165) is 4.86 Å². The van der Waals surface area contributed by atoms with Crippen LogP contribution in [0, 0.1) is 0 Å². The normalized spacial score (nSPS) is 11.2. The van der Waals surface area contributed by atoms with Gasteiger partial charge in [-0.25, -0.2) is 0 Å². The van der Waals surface area contributed by atoms with E-state index in [1.165, 1.54) is 0 Å². The second-order valence-corrected chi connectivity index (χ2v) is 1.87. The minimum absolute atomic E-state index is 0.884. The van der Waals surface area contributed by atoms with Gasteiger partial charge in [0.2, 0.25) is 0 Å². The minimum atomic E-state index is 0.884. The van der Waals surface area contributed by atoms with Crippen molar-refractivity contribution in [3.8, 4) is 0 Å². The molecule has 0 rings (SSSR count). The summed E-state index contributed by atoms with van der Waals surface area (Å²) in [6.07, 6.45) is 7.66. The lowest BCUT2D eigenvalue weighted by Gasteiger charge is -1.79. The first-order valence-electron chi connectivity index (χ1n) is 2.60. The average molecular weight is 126 g/mol. The molecule has 0 aliphatic heterocycles. The van der Waals surface area contributed by atoms with Gasteiger partial charge in [-0.1, -0.05) is 24.4 Å². The lowest BCUT2D eigenvalue weighted by Crippen LogP contribution is -1.76. The summed E-state index contributed by atoms with van der Waals surface area (Å²) in [7, 11) is 0. The molecule has 0 aromatic rings. The summed E-state index contributed by atoms with van der Waals surface area (Å²) in [4.78, 5) is 0.884. The molecule has 1 heteroatoms. The molecule has 0 bridgehead atoms. The third-order valence-electron chi connectivity index (χ3n) is 0.662. The van der Waals surface area contributed by atoms with E-state index < -0.39 is 0 Å². The van der Waals surface area contributed by atoms with Gasteiger partial charge >= 0.3 is 0 Å².